The van der Waals surface area contributed by atoms with Crippen molar-refractivity contribution in [3.05, 3.63) is 70.5 Å². The molecule has 24 heavy (non-hydrogen) atoms. The number of aryl methyl sites for hydroxylation is 2. The van der Waals surface area contributed by atoms with Crippen LogP contribution >= 0.6 is 11.3 Å². The van der Waals surface area contributed by atoms with Crippen LogP contribution < -0.4 is 5.56 Å². The summed E-state index contributed by atoms with van der Waals surface area (Å²) in [5.41, 5.74) is 3.76. The second-order valence-corrected chi connectivity index (χ2v) is 6.82. The van der Waals surface area contributed by atoms with Crippen molar-refractivity contribution in [1.29, 1.82) is 0 Å². The second-order valence-electron chi connectivity index (χ2n) is 5.77. The summed E-state index contributed by atoms with van der Waals surface area (Å²) in [6, 6.07) is 14.0. The highest BCUT2D eigenvalue weighted by molar-refractivity contribution is 7.22. The Morgan fingerprint density at radius 1 is 1.17 bits per heavy atom. The fraction of sp³-hybridized carbons (Fsp3) is 0.167. The molecular formula is C18H16N4OS. The van der Waals surface area contributed by atoms with E-state index in [9.17, 15) is 4.79 Å². The van der Waals surface area contributed by atoms with Crippen LogP contribution in [0.5, 0.6) is 0 Å². The van der Waals surface area contributed by atoms with Gasteiger partial charge in [0.1, 0.15) is 4.70 Å². The lowest BCUT2D eigenvalue weighted by molar-refractivity contribution is 0.679. The van der Waals surface area contributed by atoms with E-state index in [0.717, 1.165) is 27.3 Å². The Hall–Kier alpha value is -2.73. The summed E-state index contributed by atoms with van der Waals surface area (Å²) in [6.07, 6.45) is 1.61. The van der Waals surface area contributed by atoms with Gasteiger partial charge in [-0.2, -0.15) is 5.10 Å². The molecule has 0 aliphatic heterocycles. The molecule has 0 saturated heterocycles. The first-order valence-corrected chi connectivity index (χ1v) is 8.47. The van der Waals surface area contributed by atoms with Gasteiger partial charge in [-0.25, -0.2) is 4.98 Å². The van der Waals surface area contributed by atoms with Crippen LogP contribution in [-0.4, -0.2) is 19.3 Å². The monoisotopic (exact) mass is 336 g/mol. The van der Waals surface area contributed by atoms with E-state index < -0.39 is 0 Å². The molecule has 0 radical (unpaired) electrons. The van der Waals surface area contributed by atoms with Gasteiger partial charge in [0.25, 0.3) is 5.56 Å². The molecule has 1 aromatic carbocycles. The summed E-state index contributed by atoms with van der Waals surface area (Å²) in [5, 5.41) is 4.41. The van der Waals surface area contributed by atoms with Crippen molar-refractivity contribution in [2.24, 2.45) is 7.05 Å². The summed E-state index contributed by atoms with van der Waals surface area (Å²) >= 11 is 1.49. The van der Waals surface area contributed by atoms with Crippen LogP contribution in [0, 0.1) is 6.92 Å². The molecule has 3 aromatic heterocycles. The van der Waals surface area contributed by atoms with Crippen molar-refractivity contribution >= 4 is 21.6 Å². The number of aromatic nitrogens is 4. The SMILES string of the molecule is Cc1cc(Cn2cnc3cc(-c4ccccc4)sc3c2=O)nn1C. The van der Waals surface area contributed by atoms with Crippen LogP contribution in [-0.2, 0) is 13.6 Å². The van der Waals surface area contributed by atoms with E-state index >= 15 is 0 Å². The molecule has 0 saturated carbocycles. The zero-order valence-corrected chi connectivity index (χ0v) is 14.2. The Morgan fingerprint density at radius 2 is 1.96 bits per heavy atom. The Morgan fingerprint density at radius 3 is 2.67 bits per heavy atom. The molecule has 0 spiro atoms. The van der Waals surface area contributed by atoms with E-state index in [0.29, 0.717) is 11.2 Å². The number of thiophene rings is 1. The third kappa shape index (κ3) is 2.55. The highest BCUT2D eigenvalue weighted by Gasteiger charge is 2.11. The molecule has 0 unspecified atom stereocenters. The van der Waals surface area contributed by atoms with E-state index in [4.69, 9.17) is 0 Å². The Bertz CT molecular complexity index is 1060. The van der Waals surface area contributed by atoms with Crippen LogP contribution in [0.4, 0.5) is 0 Å². The molecule has 5 nitrogen and oxygen atoms in total. The molecule has 6 heteroatoms. The van der Waals surface area contributed by atoms with Gasteiger partial charge in [-0.15, -0.1) is 11.3 Å². The van der Waals surface area contributed by atoms with Crippen LogP contribution in [0.3, 0.4) is 0 Å². The molecule has 4 rings (SSSR count). The molecule has 0 atom stereocenters. The van der Waals surface area contributed by atoms with Crippen molar-refractivity contribution in [1.82, 2.24) is 19.3 Å². The first kappa shape index (κ1) is 14.8. The second kappa shape index (κ2) is 5.72. The largest absolute Gasteiger partial charge is 0.292 e. The Kier molecular flexibility index (Phi) is 3.54. The van der Waals surface area contributed by atoms with Gasteiger partial charge in [-0.1, -0.05) is 30.3 Å². The maximum absolute atomic E-state index is 12.8. The van der Waals surface area contributed by atoms with Crippen molar-refractivity contribution in [3.63, 3.8) is 0 Å². The summed E-state index contributed by atoms with van der Waals surface area (Å²) in [5.74, 6) is 0. The molecule has 0 aliphatic carbocycles. The van der Waals surface area contributed by atoms with Gasteiger partial charge in [-0.05, 0) is 24.6 Å². The minimum Gasteiger partial charge on any atom is -0.292 e. The van der Waals surface area contributed by atoms with E-state index in [1.165, 1.54) is 11.3 Å². The molecule has 0 N–H and O–H groups in total. The smallest absolute Gasteiger partial charge is 0.271 e. The molecule has 3 heterocycles. The van der Waals surface area contributed by atoms with Gasteiger partial charge in [0.2, 0.25) is 0 Å². The van der Waals surface area contributed by atoms with Gasteiger partial charge >= 0.3 is 0 Å². The highest BCUT2D eigenvalue weighted by atomic mass is 32.1. The number of hydrogen-bond donors (Lipinski definition) is 0. The highest BCUT2D eigenvalue weighted by Crippen LogP contribution is 2.30. The molecule has 0 fully saturated rings. The predicted molar refractivity (Wildman–Crippen MR) is 96.4 cm³/mol. The van der Waals surface area contributed by atoms with Gasteiger partial charge in [-0.3, -0.25) is 14.0 Å². The average molecular weight is 336 g/mol. The standard InChI is InChI=1S/C18H16N4OS/c1-12-8-14(20-21(12)2)10-22-11-19-15-9-16(24-17(15)18(22)23)13-6-4-3-5-7-13/h3-9,11H,10H2,1-2H3. The third-order valence-electron chi connectivity index (χ3n) is 4.06. The van der Waals surface area contributed by atoms with E-state index in [1.54, 1.807) is 10.9 Å². The molecule has 120 valence electrons. The minimum absolute atomic E-state index is 0.0181. The van der Waals surface area contributed by atoms with E-state index in [1.807, 2.05) is 61.1 Å². The van der Waals surface area contributed by atoms with Gasteiger partial charge in [0, 0.05) is 17.6 Å². The van der Waals surface area contributed by atoms with Gasteiger partial charge in [0.05, 0.1) is 24.1 Å². The topological polar surface area (TPSA) is 52.7 Å². The number of hydrogen-bond acceptors (Lipinski definition) is 4. The van der Waals surface area contributed by atoms with Crippen LogP contribution in [0.25, 0.3) is 20.7 Å². The summed E-state index contributed by atoms with van der Waals surface area (Å²) in [6.45, 7) is 2.42. The zero-order chi connectivity index (χ0) is 16.7. The van der Waals surface area contributed by atoms with Crippen LogP contribution in [0.2, 0.25) is 0 Å². The lowest BCUT2D eigenvalue weighted by Gasteiger charge is -2.01. The molecule has 0 bridgehead atoms. The minimum atomic E-state index is -0.0181. The number of fused-ring (bicyclic) bond motifs is 1. The lowest BCUT2D eigenvalue weighted by atomic mass is 10.2. The first-order valence-electron chi connectivity index (χ1n) is 7.66. The average Bonchev–Trinajstić information content (AvgIpc) is 3.15. The maximum atomic E-state index is 12.8. The maximum Gasteiger partial charge on any atom is 0.271 e. The molecule has 4 aromatic rings. The summed E-state index contributed by atoms with van der Waals surface area (Å²) < 4.78 is 4.12. The predicted octanol–water partition coefficient (Wildman–Crippen LogP) is 3.22. The van der Waals surface area contributed by atoms with Crippen molar-refractivity contribution in [2.45, 2.75) is 13.5 Å². The number of benzene rings is 1. The fourth-order valence-electron chi connectivity index (χ4n) is 2.69. The fourth-order valence-corrected chi connectivity index (χ4v) is 3.75. The van der Waals surface area contributed by atoms with Crippen molar-refractivity contribution in [3.8, 4) is 10.4 Å². The van der Waals surface area contributed by atoms with Gasteiger partial charge < -0.3 is 0 Å². The zero-order valence-electron chi connectivity index (χ0n) is 13.4. The first-order chi connectivity index (χ1) is 11.6. The quantitative estimate of drug-likeness (QED) is 0.577. The Labute approximate surface area is 142 Å². The normalized spacial score (nSPS) is 11.2. The summed E-state index contributed by atoms with van der Waals surface area (Å²) in [4.78, 5) is 18.3. The van der Waals surface area contributed by atoms with Crippen LogP contribution in [0.1, 0.15) is 11.4 Å². The summed E-state index contributed by atoms with van der Waals surface area (Å²) in [7, 11) is 1.90. The lowest BCUT2D eigenvalue weighted by Crippen LogP contribution is -2.20. The molecular weight excluding hydrogens is 320 g/mol. The number of rotatable bonds is 3. The molecule has 0 aliphatic rings. The third-order valence-corrected chi connectivity index (χ3v) is 5.22. The van der Waals surface area contributed by atoms with Crippen molar-refractivity contribution in [2.75, 3.05) is 0 Å². The Balaban J connectivity index is 1.76. The van der Waals surface area contributed by atoms with Crippen molar-refractivity contribution < 1.29 is 0 Å². The molecule has 0 amide bonds. The number of nitrogens with zero attached hydrogens (tertiary/aromatic N) is 4. The van der Waals surface area contributed by atoms with Gasteiger partial charge in [0.15, 0.2) is 0 Å². The van der Waals surface area contributed by atoms with Crippen LogP contribution in [0.15, 0.2) is 53.6 Å². The van der Waals surface area contributed by atoms with E-state index in [2.05, 4.69) is 10.1 Å². The van der Waals surface area contributed by atoms with E-state index in [-0.39, 0.29) is 5.56 Å².